The molecule has 0 spiro atoms. The lowest BCUT2D eigenvalue weighted by Gasteiger charge is -2.34. The van der Waals surface area contributed by atoms with Gasteiger partial charge in [0.05, 0.1) is 11.9 Å². The molecule has 0 bridgehead atoms. The summed E-state index contributed by atoms with van der Waals surface area (Å²) in [6.45, 7) is 6.72. The number of rotatable bonds is 4. The summed E-state index contributed by atoms with van der Waals surface area (Å²) in [7, 11) is 2.16. The average Bonchev–Trinajstić information content (AvgIpc) is 3.12. The number of amides is 2. The van der Waals surface area contributed by atoms with Crippen molar-refractivity contribution in [1.82, 2.24) is 19.6 Å². The van der Waals surface area contributed by atoms with Crippen molar-refractivity contribution in [3.8, 4) is 11.3 Å². The van der Waals surface area contributed by atoms with Gasteiger partial charge in [0.2, 0.25) is 0 Å². The van der Waals surface area contributed by atoms with E-state index in [1.165, 1.54) is 5.69 Å². The highest BCUT2D eigenvalue weighted by molar-refractivity contribution is 5.90. The molecular weight excluding hydrogens is 352 g/mol. The van der Waals surface area contributed by atoms with Crippen molar-refractivity contribution >= 4 is 23.1 Å². The molecule has 7 nitrogen and oxygen atoms in total. The molecule has 1 aromatic carbocycles. The number of aromatic nitrogens is 2. The van der Waals surface area contributed by atoms with Crippen LogP contribution in [0.15, 0.2) is 48.8 Å². The molecule has 7 heteroatoms. The number of carbonyl (C=O) groups excluding carboxylic acids is 1. The first-order valence-corrected chi connectivity index (χ1v) is 9.70. The van der Waals surface area contributed by atoms with Crippen molar-refractivity contribution in [2.75, 3.05) is 50.0 Å². The number of hydrogen-bond acceptors (Lipinski definition) is 4. The van der Waals surface area contributed by atoms with Gasteiger partial charge in [0, 0.05) is 61.9 Å². The lowest BCUT2D eigenvalue weighted by Crippen LogP contribution is -2.44. The number of benzene rings is 1. The maximum absolute atomic E-state index is 11.8. The maximum Gasteiger partial charge on any atom is 0.319 e. The van der Waals surface area contributed by atoms with Gasteiger partial charge in [-0.15, -0.1) is 0 Å². The summed E-state index contributed by atoms with van der Waals surface area (Å²) in [5, 5.41) is 5.60. The lowest BCUT2D eigenvalue weighted by molar-refractivity contribution is 0.252. The number of imidazole rings is 1. The van der Waals surface area contributed by atoms with E-state index in [2.05, 4.69) is 55.2 Å². The molecular formula is C21H26N6O. The Balaban J connectivity index is 1.59. The summed E-state index contributed by atoms with van der Waals surface area (Å²) in [6, 6.07) is 11.9. The van der Waals surface area contributed by atoms with E-state index in [-0.39, 0.29) is 6.03 Å². The minimum Gasteiger partial charge on any atom is -0.369 e. The summed E-state index contributed by atoms with van der Waals surface area (Å²) in [6.07, 6.45) is 3.96. The lowest BCUT2D eigenvalue weighted by atomic mass is 10.1. The first kappa shape index (κ1) is 18.3. The molecule has 0 saturated carbocycles. The molecule has 1 fully saturated rings. The number of piperazine rings is 1. The van der Waals surface area contributed by atoms with Gasteiger partial charge in [-0.2, -0.15) is 0 Å². The summed E-state index contributed by atoms with van der Waals surface area (Å²) >= 11 is 0. The zero-order valence-electron chi connectivity index (χ0n) is 16.4. The van der Waals surface area contributed by atoms with Crippen LogP contribution in [0.4, 0.5) is 16.2 Å². The van der Waals surface area contributed by atoms with Gasteiger partial charge in [-0.1, -0.05) is 12.1 Å². The molecule has 2 aromatic heterocycles. The Hall–Kier alpha value is -3.06. The molecule has 4 rings (SSSR count). The molecule has 0 atom stereocenters. The molecule has 2 amide bonds. The van der Waals surface area contributed by atoms with Gasteiger partial charge >= 0.3 is 6.03 Å². The number of anilines is 2. The fourth-order valence-electron chi connectivity index (χ4n) is 3.54. The topological polar surface area (TPSA) is 64.9 Å². The molecule has 1 aliphatic rings. The van der Waals surface area contributed by atoms with Crippen LogP contribution in [0.25, 0.3) is 16.9 Å². The molecule has 0 aliphatic carbocycles. The van der Waals surface area contributed by atoms with Crippen LogP contribution in [0.3, 0.4) is 0 Å². The molecule has 2 N–H and O–H groups in total. The van der Waals surface area contributed by atoms with Crippen LogP contribution in [0.5, 0.6) is 0 Å². The van der Waals surface area contributed by atoms with Crippen LogP contribution in [0.2, 0.25) is 0 Å². The Kier molecular flexibility index (Phi) is 5.16. The third-order valence-electron chi connectivity index (χ3n) is 5.12. The summed E-state index contributed by atoms with van der Waals surface area (Å²) in [5.41, 5.74) is 4.90. The van der Waals surface area contributed by atoms with E-state index >= 15 is 0 Å². The van der Waals surface area contributed by atoms with Gasteiger partial charge < -0.3 is 20.4 Å². The summed E-state index contributed by atoms with van der Waals surface area (Å²) in [4.78, 5) is 21.2. The SMILES string of the molecule is CCNC(=O)Nc1cccc(-c2cnc3cc(N4CCN(C)CC4)ccn23)c1. The highest BCUT2D eigenvalue weighted by atomic mass is 16.2. The van der Waals surface area contributed by atoms with Crippen molar-refractivity contribution in [3.05, 3.63) is 48.8 Å². The van der Waals surface area contributed by atoms with Gasteiger partial charge in [0.1, 0.15) is 5.65 Å². The van der Waals surface area contributed by atoms with Crippen molar-refractivity contribution in [2.45, 2.75) is 6.92 Å². The Morgan fingerprint density at radius 2 is 1.96 bits per heavy atom. The van der Waals surface area contributed by atoms with Crippen molar-refractivity contribution in [2.24, 2.45) is 0 Å². The van der Waals surface area contributed by atoms with Crippen LogP contribution in [-0.4, -0.2) is 60.1 Å². The van der Waals surface area contributed by atoms with E-state index in [4.69, 9.17) is 0 Å². The van der Waals surface area contributed by atoms with Crippen LogP contribution < -0.4 is 15.5 Å². The van der Waals surface area contributed by atoms with Crippen LogP contribution in [0.1, 0.15) is 6.92 Å². The Labute approximate surface area is 165 Å². The normalized spacial score (nSPS) is 15.0. The first-order valence-electron chi connectivity index (χ1n) is 9.70. The number of fused-ring (bicyclic) bond motifs is 1. The van der Waals surface area contributed by atoms with Crippen molar-refractivity contribution in [3.63, 3.8) is 0 Å². The second kappa shape index (κ2) is 7.90. The fraction of sp³-hybridized carbons (Fsp3) is 0.333. The van der Waals surface area contributed by atoms with Crippen LogP contribution in [0, 0.1) is 0 Å². The molecule has 0 radical (unpaired) electrons. The Morgan fingerprint density at radius 3 is 2.75 bits per heavy atom. The number of hydrogen-bond donors (Lipinski definition) is 2. The molecule has 1 saturated heterocycles. The van der Waals surface area contributed by atoms with E-state index in [9.17, 15) is 4.79 Å². The van der Waals surface area contributed by atoms with Gasteiger partial charge in [-0.3, -0.25) is 4.40 Å². The zero-order chi connectivity index (χ0) is 19.5. The number of nitrogens with one attached hydrogen (secondary N) is 2. The second-order valence-electron chi connectivity index (χ2n) is 7.11. The van der Waals surface area contributed by atoms with E-state index in [1.54, 1.807) is 0 Å². The number of pyridine rings is 1. The third-order valence-corrected chi connectivity index (χ3v) is 5.12. The molecule has 0 unspecified atom stereocenters. The van der Waals surface area contributed by atoms with Crippen molar-refractivity contribution < 1.29 is 4.79 Å². The fourth-order valence-corrected chi connectivity index (χ4v) is 3.54. The predicted molar refractivity (Wildman–Crippen MR) is 113 cm³/mol. The number of likely N-dealkylation sites (N-methyl/N-ethyl adjacent to an activating group) is 1. The molecule has 3 heterocycles. The molecule has 1 aliphatic heterocycles. The summed E-state index contributed by atoms with van der Waals surface area (Å²) < 4.78 is 2.09. The highest BCUT2D eigenvalue weighted by Crippen LogP contribution is 2.26. The second-order valence-corrected chi connectivity index (χ2v) is 7.11. The largest absolute Gasteiger partial charge is 0.369 e. The smallest absolute Gasteiger partial charge is 0.319 e. The summed E-state index contributed by atoms with van der Waals surface area (Å²) in [5.74, 6) is 0. The van der Waals surface area contributed by atoms with Crippen LogP contribution in [-0.2, 0) is 0 Å². The average molecular weight is 378 g/mol. The Morgan fingerprint density at radius 1 is 1.14 bits per heavy atom. The van der Waals surface area contributed by atoms with Gasteiger partial charge in [-0.05, 0) is 32.2 Å². The molecule has 28 heavy (non-hydrogen) atoms. The molecule has 3 aromatic rings. The third kappa shape index (κ3) is 3.80. The Bertz CT molecular complexity index is 974. The van der Waals surface area contributed by atoms with Crippen molar-refractivity contribution in [1.29, 1.82) is 0 Å². The van der Waals surface area contributed by atoms with Gasteiger partial charge in [0.15, 0.2) is 0 Å². The maximum atomic E-state index is 11.8. The minimum atomic E-state index is -0.199. The first-order chi connectivity index (χ1) is 13.6. The van der Waals surface area contributed by atoms with E-state index in [0.29, 0.717) is 6.54 Å². The number of carbonyl (C=O) groups is 1. The number of urea groups is 1. The highest BCUT2D eigenvalue weighted by Gasteiger charge is 2.15. The molecule has 146 valence electrons. The quantitative estimate of drug-likeness (QED) is 0.733. The van der Waals surface area contributed by atoms with E-state index in [0.717, 1.165) is 48.8 Å². The van der Waals surface area contributed by atoms with E-state index in [1.807, 2.05) is 37.4 Å². The number of nitrogens with zero attached hydrogens (tertiary/aromatic N) is 4. The van der Waals surface area contributed by atoms with Gasteiger partial charge in [-0.25, -0.2) is 9.78 Å². The van der Waals surface area contributed by atoms with Crippen LogP contribution >= 0.6 is 0 Å². The standard InChI is InChI=1S/C21H26N6O/c1-3-22-21(28)24-17-6-4-5-16(13-17)19-15-23-20-14-18(7-8-27(19)20)26-11-9-25(2)10-12-26/h4-8,13-15H,3,9-12H2,1-2H3,(H2,22,24,28). The van der Waals surface area contributed by atoms with E-state index < -0.39 is 0 Å². The minimum absolute atomic E-state index is 0.199. The van der Waals surface area contributed by atoms with Gasteiger partial charge in [0.25, 0.3) is 0 Å². The monoisotopic (exact) mass is 378 g/mol. The predicted octanol–water partition coefficient (Wildman–Crippen LogP) is 2.89. The zero-order valence-corrected chi connectivity index (χ0v) is 16.4.